The standard InChI is InChI=1S/C34H42ClFN8O/c1-8-29(45)43-15-21(4)44(16-20(43)3)33-27-14-28(35)30(26-13-24(12-9-19(26)2)40-39-22(5)23-10-11-23)31(36)32(27)37-34(38-33)42-17-25(18-42)41(6)7/h8-9,12-14,20-21,23,25,40H,1,10-11,15-18H2,2-7H3/b39-22+/t20-,21+/m0/s1. The lowest BCUT2D eigenvalue weighted by molar-refractivity contribution is -0.128. The minimum absolute atomic E-state index is 0.0758. The Hall–Kier alpha value is -3.76. The minimum Gasteiger partial charge on any atom is -0.349 e. The van der Waals surface area contributed by atoms with Gasteiger partial charge in [0, 0.05) is 61.0 Å². The third-order valence-electron chi connectivity index (χ3n) is 9.48. The molecule has 0 unspecified atom stereocenters. The van der Waals surface area contributed by atoms with Crippen LogP contribution in [-0.4, -0.2) is 89.8 Å². The van der Waals surface area contributed by atoms with Crippen molar-refractivity contribution in [1.29, 1.82) is 0 Å². The summed E-state index contributed by atoms with van der Waals surface area (Å²) in [6.45, 7) is 14.2. The van der Waals surface area contributed by atoms with Crippen molar-refractivity contribution in [3.8, 4) is 11.1 Å². The second-order valence-corrected chi connectivity index (χ2v) is 13.4. The van der Waals surface area contributed by atoms with E-state index in [9.17, 15) is 4.79 Å². The Kier molecular flexibility index (Phi) is 8.47. The number of halogens is 2. The van der Waals surface area contributed by atoms with E-state index in [-0.39, 0.29) is 28.5 Å². The Labute approximate surface area is 269 Å². The molecule has 1 aromatic heterocycles. The van der Waals surface area contributed by atoms with Gasteiger partial charge in [-0.1, -0.05) is 24.2 Å². The summed E-state index contributed by atoms with van der Waals surface area (Å²) in [5, 5.41) is 5.39. The molecule has 0 spiro atoms. The van der Waals surface area contributed by atoms with Crippen LogP contribution in [0.25, 0.3) is 22.0 Å². The lowest BCUT2D eigenvalue weighted by Gasteiger charge is -2.45. The van der Waals surface area contributed by atoms with Crippen LogP contribution in [0.2, 0.25) is 5.02 Å². The number of piperazine rings is 1. The van der Waals surface area contributed by atoms with Gasteiger partial charge in [0.2, 0.25) is 11.9 Å². The van der Waals surface area contributed by atoms with Crippen molar-refractivity contribution in [2.24, 2.45) is 11.0 Å². The predicted octanol–water partition coefficient (Wildman–Crippen LogP) is 5.96. The van der Waals surface area contributed by atoms with Gasteiger partial charge in [-0.2, -0.15) is 10.1 Å². The second-order valence-electron chi connectivity index (χ2n) is 13.0. The number of anilines is 3. The summed E-state index contributed by atoms with van der Waals surface area (Å²) < 4.78 is 16.9. The van der Waals surface area contributed by atoms with E-state index in [1.54, 1.807) is 6.07 Å². The Morgan fingerprint density at radius 2 is 1.87 bits per heavy atom. The van der Waals surface area contributed by atoms with Crippen molar-refractivity contribution in [2.75, 3.05) is 55.5 Å². The van der Waals surface area contributed by atoms with E-state index in [2.05, 4.69) is 52.8 Å². The number of nitrogens with one attached hydrogen (secondary N) is 1. The van der Waals surface area contributed by atoms with E-state index in [1.165, 1.54) is 18.9 Å². The van der Waals surface area contributed by atoms with Crippen molar-refractivity contribution < 1.29 is 9.18 Å². The number of benzene rings is 2. The third kappa shape index (κ3) is 5.97. The molecule has 2 atom stereocenters. The summed E-state index contributed by atoms with van der Waals surface area (Å²) in [6.07, 6.45) is 3.70. The highest BCUT2D eigenvalue weighted by Crippen LogP contribution is 2.42. The summed E-state index contributed by atoms with van der Waals surface area (Å²) in [4.78, 5) is 30.7. The second kappa shape index (κ2) is 12.2. The molecule has 11 heteroatoms. The van der Waals surface area contributed by atoms with Crippen LogP contribution in [0.5, 0.6) is 0 Å². The SMILES string of the molecule is C=CC(=O)N1C[C@@H](C)N(c2nc(N3CC(N(C)C)C3)nc3c(F)c(-c4cc(N/N=C(\C)C5CC5)ccc4C)c(Cl)cc23)C[C@@H]1C. The number of nitrogens with zero attached hydrogens (tertiary/aromatic N) is 7. The first-order chi connectivity index (χ1) is 21.5. The highest BCUT2D eigenvalue weighted by Gasteiger charge is 2.36. The largest absolute Gasteiger partial charge is 0.349 e. The van der Waals surface area contributed by atoms with Crippen molar-refractivity contribution in [3.63, 3.8) is 0 Å². The first-order valence-corrected chi connectivity index (χ1v) is 16.1. The molecule has 1 saturated carbocycles. The van der Waals surface area contributed by atoms with Gasteiger partial charge in [-0.05, 0) is 96.0 Å². The zero-order valence-corrected chi connectivity index (χ0v) is 27.7. The van der Waals surface area contributed by atoms with Gasteiger partial charge in [-0.25, -0.2) is 9.37 Å². The average molecular weight is 633 g/mol. The highest BCUT2D eigenvalue weighted by atomic mass is 35.5. The fourth-order valence-electron chi connectivity index (χ4n) is 6.27. The fourth-order valence-corrected chi connectivity index (χ4v) is 6.57. The summed E-state index contributed by atoms with van der Waals surface area (Å²) >= 11 is 6.96. The van der Waals surface area contributed by atoms with Crippen LogP contribution >= 0.6 is 11.6 Å². The van der Waals surface area contributed by atoms with Crippen LogP contribution < -0.4 is 15.2 Å². The van der Waals surface area contributed by atoms with Crippen LogP contribution in [-0.2, 0) is 4.79 Å². The molecule has 45 heavy (non-hydrogen) atoms. The third-order valence-corrected chi connectivity index (χ3v) is 9.78. The van der Waals surface area contributed by atoms with E-state index >= 15 is 4.39 Å². The maximum absolute atomic E-state index is 16.9. The van der Waals surface area contributed by atoms with Crippen molar-refractivity contribution in [2.45, 2.75) is 58.7 Å². The predicted molar refractivity (Wildman–Crippen MR) is 182 cm³/mol. The van der Waals surface area contributed by atoms with Crippen molar-refractivity contribution >= 4 is 51.6 Å². The van der Waals surface area contributed by atoms with Gasteiger partial charge in [0.15, 0.2) is 5.82 Å². The number of rotatable bonds is 8. The van der Waals surface area contributed by atoms with E-state index in [4.69, 9.17) is 21.6 Å². The Morgan fingerprint density at radius 1 is 1.13 bits per heavy atom. The minimum atomic E-state index is -0.480. The summed E-state index contributed by atoms with van der Waals surface area (Å²) in [5.41, 5.74) is 7.10. The number of carbonyl (C=O) groups is 1. The van der Waals surface area contributed by atoms with Crippen LogP contribution in [0.15, 0.2) is 42.0 Å². The number of amides is 1. The molecule has 3 aromatic rings. The average Bonchev–Trinajstić information content (AvgIpc) is 3.83. The number of hydrogen-bond donors (Lipinski definition) is 1. The van der Waals surface area contributed by atoms with Crippen LogP contribution in [0, 0.1) is 18.7 Å². The molecule has 1 amide bonds. The zero-order valence-electron chi connectivity index (χ0n) is 26.9. The smallest absolute Gasteiger partial charge is 0.246 e. The maximum atomic E-state index is 16.9. The number of likely N-dealkylation sites (N-methyl/N-ethyl adjacent to an activating group) is 1. The van der Waals surface area contributed by atoms with Gasteiger partial charge >= 0.3 is 0 Å². The summed E-state index contributed by atoms with van der Waals surface area (Å²) in [6, 6.07) is 7.78. The highest BCUT2D eigenvalue weighted by molar-refractivity contribution is 6.34. The maximum Gasteiger partial charge on any atom is 0.246 e. The molecule has 1 aliphatic carbocycles. The lowest BCUT2D eigenvalue weighted by Crippen LogP contribution is -2.59. The van der Waals surface area contributed by atoms with Gasteiger partial charge in [-0.15, -0.1) is 0 Å². The van der Waals surface area contributed by atoms with E-state index < -0.39 is 5.82 Å². The van der Waals surface area contributed by atoms with Gasteiger partial charge in [0.05, 0.1) is 10.7 Å². The van der Waals surface area contributed by atoms with Crippen LogP contribution in [0.1, 0.15) is 39.2 Å². The Bertz CT molecular complexity index is 1680. The molecular weight excluding hydrogens is 591 g/mol. The number of fused-ring (bicyclic) bond motifs is 1. The van der Waals surface area contributed by atoms with Gasteiger partial charge < -0.3 is 19.6 Å². The number of carbonyl (C=O) groups excluding carboxylic acids is 1. The van der Waals surface area contributed by atoms with Gasteiger partial charge in [-0.3, -0.25) is 10.2 Å². The Balaban J connectivity index is 1.45. The molecule has 3 heterocycles. The Morgan fingerprint density at radius 3 is 2.53 bits per heavy atom. The van der Waals surface area contributed by atoms with Crippen molar-refractivity contribution in [1.82, 2.24) is 19.8 Å². The van der Waals surface area contributed by atoms with E-state index in [1.807, 2.05) is 43.9 Å². The molecule has 0 bridgehead atoms. The number of aromatic nitrogens is 2. The molecule has 6 rings (SSSR count). The number of hydrazone groups is 1. The fraction of sp³-hybridized carbons (Fsp3) is 0.471. The molecule has 2 aliphatic heterocycles. The first kappa shape index (κ1) is 31.2. The molecule has 238 valence electrons. The number of hydrogen-bond acceptors (Lipinski definition) is 8. The van der Waals surface area contributed by atoms with Gasteiger partial charge in [0.25, 0.3) is 0 Å². The normalized spacial score (nSPS) is 21.0. The molecule has 2 aromatic carbocycles. The van der Waals surface area contributed by atoms with E-state index in [0.29, 0.717) is 53.3 Å². The van der Waals surface area contributed by atoms with Crippen molar-refractivity contribution in [3.05, 3.63) is 53.3 Å². The zero-order chi connectivity index (χ0) is 32.2. The molecule has 0 radical (unpaired) electrons. The molecular formula is C34H42ClFN8O. The topological polar surface area (TPSA) is 80.2 Å². The molecule has 1 N–H and O–H groups in total. The molecule has 9 nitrogen and oxygen atoms in total. The molecule has 3 fully saturated rings. The van der Waals surface area contributed by atoms with E-state index in [0.717, 1.165) is 30.1 Å². The summed E-state index contributed by atoms with van der Waals surface area (Å²) in [5.74, 6) is 1.08. The van der Waals surface area contributed by atoms with Crippen LogP contribution in [0.3, 0.4) is 0 Å². The quantitative estimate of drug-likeness (QED) is 0.187. The van der Waals surface area contributed by atoms with Crippen LogP contribution in [0.4, 0.5) is 21.8 Å². The first-order valence-electron chi connectivity index (χ1n) is 15.7. The molecule has 2 saturated heterocycles. The molecule has 3 aliphatic rings. The number of aryl methyl sites for hydroxylation is 1. The summed E-state index contributed by atoms with van der Waals surface area (Å²) in [7, 11) is 4.11. The lowest BCUT2D eigenvalue weighted by atomic mass is 9.97. The monoisotopic (exact) mass is 632 g/mol. The van der Waals surface area contributed by atoms with Gasteiger partial charge in [0.1, 0.15) is 11.3 Å².